The lowest BCUT2D eigenvalue weighted by Crippen LogP contribution is -2.48. The molecule has 0 bridgehead atoms. The molecule has 2 N–H and O–H groups in total. The van der Waals surface area contributed by atoms with Gasteiger partial charge in [0.15, 0.2) is 5.50 Å². The zero-order valence-electron chi connectivity index (χ0n) is 16.0. The van der Waals surface area contributed by atoms with Crippen LogP contribution in [0.4, 0.5) is 5.69 Å². The molecule has 4 rings (SSSR count). The first kappa shape index (κ1) is 18.9. The zero-order chi connectivity index (χ0) is 19.5. The van der Waals surface area contributed by atoms with Crippen molar-refractivity contribution in [2.45, 2.75) is 44.1 Å². The number of carbonyl (C=O) groups is 1. The van der Waals surface area contributed by atoms with Crippen molar-refractivity contribution in [3.63, 3.8) is 0 Å². The van der Waals surface area contributed by atoms with Gasteiger partial charge in [-0.15, -0.1) is 0 Å². The molecular formula is C23H26N2O2S. The topological polar surface area (TPSA) is 52.6 Å². The summed E-state index contributed by atoms with van der Waals surface area (Å²) >= 11 is 1.54. The molecule has 2 aliphatic rings. The molecule has 0 spiro atoms. The summed E-state index contributed by atoms with van der Waals surface area (Å²) in [6, 6.07) is 17.4. The Balaban J connectivity index is 1.66. The van der Waals surface area contributed by atoms with Gasteiger partial charge in [-0.3, -0.25) is 4.79 Å². The normalized spacial score (nSPS) is 26.6. The summed E-state index contributed by atoms with van der Waals surface area (Å²) in [5, 5.41) is 13.7. The Labute approximate surface area is 170 Å². The first-order chi connectivity index (χ1) is 13.6. The minimum absolute atomic E-state index is 0.0560. The van der Waals surface area contributed by atoms with Crippen molar-refractivity contribution in [3.8, 4) is 5.75 Å². The van der Waals surface area contributed by atoms with Gasteiger partial charge in [0.2, 0.25) is 0 Å². The van der Waals surface area contributed by atoms with Gasteiger partial charge < -0.3 is 15.3 Å². The number of hydrogen-bond acceptors (Lipinski definition) is 4. The van der Waals surface area contributed by atoms with Gasteiger partial charge in [-0.25, -0.2) is 0 Å². The molecule has 1 unspecified atom stereocenters. The minimum Gasteiger partial charge on any atom is -0.507 e. The number of benzene rings is 2. The van der Waals surface area contributed by atoms with Crippen molar-refractivity contribution in [1.29, 1.82) is 0 Å². The summed E-state index contributed by atoms with van der Waals surface area (Å²) in [5.41, 5.74) is 1.54. The van der Waals surface area contributed by atoms with Crippen LogP contribution in [0.5, 0.6) is 5.75 Å². The van der Waals surface area contributed by atoms with Gasteiger partial charge in [0.05, 0.1) is 4.91 Å². The Morgan fingerprint density at radius 3 is 2.54 bits per heavy atom. The average molecular weight is 395 g/mol. The van der Waals surface area contributed by atoms with Crippen molar-refractivity contribution in [3.05, 3.63) is 65.1 Å². The van der Waals surface area contributed by atoms with E-state index in [1.54, 1.807) is 12.1 Å². The number of amides is 1. The van der Waals surface area contributed by atoms with E-state index < -0.39 is 0 Å². The van der Waals surface area contributed by atoms with E-state index in [1.165, 1.54) is 24.6 Å². The lowest BCUT2D eigenvalue weighted by atomic mass is 9.85. The van der Waals surface area contributed by atoms with Crippen LogP contribution in [-0.2, 0) is 4.79 Å². The van der Waals surface area contributed by atoms with Crippen molar-refractivity contribution in [1.82, 2.24) is 4.90 Å². The molecule has 2 aromatic carbocycles. The van der Waals surface area contributed by atoms with E-state index in [4.69, 9.17) is 0 Å². The van der Waals surface area contributed by atoms with Crippen LogP contribution in [0.15, 0.2) is 59.5 Å². The molecule has 1 aliphatic carbocycles. The Kier molecular flexibility index (Phi) is 5.62. The van der Waals surface area contributed by atoms with E-state index in [0.29, 0.717) is 16.4 Å². The fraction of sp³-hybridized carbons (Fsp3) is 0.348. The number of carbonyl (C=O) groups excluding carboxylic acids is 1. The summed E-state index contributed by atoms with van der Waals surface area (Å²) in [7, 11) is 0. The third-order valence-corrected chi connectivity index (χ3v) is 6.76. The van der Waals surface area contributed by atoms with Crippen LogP contribution in [0.2, 0.25) is 0 Å². The van der Waals surface area contributed by atoms with Crippen molar-refractivity contribution < 1.29 is 9.90 Å². The number of thioether (sulfide) groups is 1. The maximum atomic E-state index is 13.4. The van der Waals surface area contributed by atoms with E-state index in [1.807, 2.05) is 53.4 Å². The van der Waals surface area contributed by atoms with E-state index in [-0.39, 0.29) is 23.2 Å². The predicted octanol–water partition coefficient (Wildman–Crippen LogP) is 5.28. The van der Waals surface area contributed by atoms with Crippen molar-refractivity contribution in [2.24, 2.45) is 5.92 Å². The minimum atomic E-state index is -0.141. The van der Waals surface area contributed by atoms with Gasteiger partial charge in [-0.1, -0.05) is 67.9 Å². The quantitative estimate of drug-likeness (QED) is 0.693. The largest absolute Gasteiger partial charge is 0.507 e. The summed E-state index contributed by atoms with van der Waals surface area (Å²) in [5.74, 6) is 0.740. The summed E-state index contributed by atoms with van der Waals surface area (Å²) in [6.45, 7) is 2.26. The summed E-state index contributed by atoms with van der Waals surface area (Å²) < 4.78 is 0. The smallest absolute Gasteiger partial charge is 0.262 e. The second kappa shape index (κ2) is 8.31. The van der Waals surface area contributed by atoms with E-state index in [2.05, 4.69) is 12.2 Å². The molecule has 4 nitrogen and oxygen atoms in total. The second-order valence-corrected chi connectivity index (χ2v) is 8.71. The van der Waals surface area contributed by atoms with Gasteiger partial charge >= 0.3 is 0 Å². The maximum absolute atomic E-state index is 13.4. The molecule has 1 aliphatic heterocycles. The highest BCUT2D eigenvalue weighted by molar-refractivity contribution is 8.05. The van der Waals surface area contributed by atoms with Gasteiger partial charge in [0, 0.05) is 17.3 Å². The van der Waals surface area contributed by atoms with Gasteiger partial charge in [-0.05, 0) is 43.0 Å². The number of aromatic hydroxyl groups is 1. The third-order valence-electron chi connectivity index (χ3n) is 5.65. The number of hydrogen-bond donors (Lipinski definition) is 2. The Bertz CT molecular complexity index is 868. The fourth-order valence-corrected chi connectivity index (χ4v) is 5.32. The second-order valence-electron chi connectivity index (χ2n) is 7.59. The number of rotatable bonds is 4. The van der Waals surface area contributed by atoms with Crippen LogP contribution >= 0.6 is 11.8 Å². The van der Waals surface area contributed by atoms with Crippen molar-refractivity contribution in [2.75, 3.05) is 5.32 Å². The van der Waals surface area contributed by atoms with Crippen LogP contribution in [0.3, 0.4) is 0 Å². The SMILES string of the molecule is C[C@@H]1CCCC[C@H]1N1C(=O)/C(=C/c2ccccc2O)SC1Nc1ccccc1. The van der Waals surface area contributed by atoms with E-state index in [0.717, 1.165) is 18.5 Å². The lowest BCUT2D eigenvalue weighted by molar-refractivity contribution is -0.129. The zero-order valence-corrected chi connectivity index (χ0v) is 16.9. The van der Waals surface area contributed by atoms with Crippen LogP contribution < -0.4 is 5.32 Å². The molecule has 1 saturated heterocycles. The number of nitrogens with one attached hydrogen (secondary N) is 1. The first-order valence-corrected chi connectivity index (χ1v) is 10.8. The van der Waals surface area contributed by atoms with Gasteiger partial charge in [0.1, 0.15) is 5.75 Å². The number of anilines is 1. The molecule has 0 aromatic heterocycles. The highest BCUT2D eigenvalue weighted by atomic mass is 32.2. The monoisotopic (exact) mass is 394 g/mol. The fourth-order valence-electron chi connectivity index (χ4n) is 4.12. The molecular weight excluding hydrogens is 368 g/mol. The standard InChI is InChI=1S/C23H26N2O2S/c1-16-9-5-7-13-19(16)25-22(27)21(15-17-10-6-8-14-20(17)26)28-23(25)24-18-11-3-2-4-12-18/h2-4,6,8,10-12,14-16,19,23-24,26H,5,7,9,13H2,1H3/b21-15-/t16-,19-,23?/m1/s1. The predicted molar refractivity (Wildman–Crippen MR) is 116 cm³/mol. The highest BCUT2D eigenvalue weighted by Crippen LogP contribution is 2.42. The third kappa shape index (κ3) is 3.90. The summed E-state index contributed by atoms with van der Waals surface area (Å²) in [6.07, 6.45) is 6.43. The molecule has 1 heterocycles. The van der Waals surface area contributed by atoms with Crippen LogP contribution in [-0.4, -0.2) is 27.5 Å². The molecule has 5 heteroatoms. The summed E-state index contributed by atoms with van der Waals surface area (Å²) in [4.78, 5) is 16.1. The van der Waals surface area contributed by atoms with Crippen LogP contribution in [0.1, 0.15) is 38.2 Å². The van der Waals surface area contributed by atoms with Gasteiger partial charge in [0.25, 0.3) is 5.91 Å². The first-order valence-electron chi connectivity index (χ1n) is 9.94. The lowest BCUT2D eigenvalue weighted by Gasteiger charge is -2.39. The van der Waals surface area contributed by atoms with Crippen molar-refractivity contribution >= 4 is 29.4 Å². The van der Waals surface area contributed by atoms with E-state index >= 15 is 0 Å². The molecule has 146 valence electrons. The van der Waals surface area contributed by atoms with Crippen LogP contribution in [0.25, 0.3) is 6.08 Å². The maximum Gasteiger partial charge on any atom is 0.262 e. The Morgan fingerprint density at radius 2 is 1.79 bits per heavy atom. The number of para-hydroxylation sites is 2. The number of phenolic OH excluding ortho intramolecular Hbond substituents is 1. The highest BCUT2D eigenvalue weighted by Gasteiger charge is 2.42. The Morgan fingerprint density at radius 1 is 1.07 bits per heavy atom. The van der Waals surface area contributed by atoms with Crippen LogP contribution in [0, 0.1) is 5.92 Å². The van der Waals surface area contributed by atoms with Gasteiger partial charge in [-0.2, -0.15) is 0 Å². The number of nitrogens with zero attached hydrogens (tertiary/aromatic N) is 1. The number of phenols is 1. The molecule has 28 heavy (non-hydrogen) atoms. The molecule has 1 amide bonds. The molecule has 0 radical (unpaired) electrons. The molecule has 1 saturated carbocycles. The molecule has 3 atom stereocenters. The molecule has 2 fully saturated rings. The van der Waals surface area contributed by atoms with E-state index in [9.17, 15) is 9.90 Å². The Hall–Kier alpha value is -2.40. The molecule has 2 aromatic rings. The average Bonchev–Trinajstić information content (AvgIpc) is 3.00.